The fourth-order valence-corrected chi connectivity index (χ4v) is 2.69. The van der Waals surface area contributed by atoms with E-state index in [0.29, 0.717) is 11.0 Å². The summed E-state index contributed by atoms with van der Waals surface area (Å²) in [6.07, 6.45) is 1.68. The molecule has 0 atom stereocenters. The number of ether oxygens (including phenoxy) is 1. The van der Waals surface area contributed by atoms with Crippen LogP contribution in [0.25, 0.3) is 0 Å². The summed E-state index contributed by atoms with van der Waals surface area (Å²) in [5, 5.41) is 1.50. The molecule has 0 unspecified atom stereocenters. The summed E-state index contributed by atoms with van der Waals surface area (Å²) in [6, 6.07) is 4.04. The average Bonchev–Trinajstić information content (AvgIpc) is 2.30. The number of hydrogen-bond donors (Lipinski definition) is 0. The molecule has 0 N–H and O–H groups in total. The molecule has 0 aliphatic heterocycles. The Morgan fingerprint density at radius 3 is 2.67 bits per heavy atom. The molecule has 0 aliphatic rings. The molecule has 0 aliphatic carbocycles. The molecule has 0 saturated carbocycles. The van der Waals surface area contributed by atoms with Gasteiger partial charge in [-0.25, -0.2) is 9.97 Å². The third kappa shape index (κ3) is 3.20. The Balaban J connectivity index is 2.28. The van der Waals surface area contributed by atoms with Crippen molar-refractivity contribution in [1.82, 2.24) is 15.0 Å². The molecule has 6 heteroatoms. The van der Waals surface area contributed by atoms with Crippen LogP contribution in [0.15, 0.2) is 33.0 Å². The molecule has 0 amide bonds. The van der Waals surface area contributed by atoms with Crippen molar-refractivity contribution in [3.05, 3.63) is 34.1 Å². The van der Waals surface area contributed by atoms with E-state index >= 15 is 0 Å². The average molecular weight is 326 g/mol. The number of halogens is 1. The van der Waals surface area contributed by atoms with Crippen LogP contribution in [0.3, 0.4) is 0 Å². The fourth-order valence-electron chi connectivity index (χ4n) is 1.48. The predicted molar refractivity (Wildman–Crippen MR) is 74.1 cm³/mol. The van der Waals surface area contributed by atoms with Crippen molar-refractivity contribution >= 4 is 27.7 Å². The zero-order valence-corrected chi connectivity index (χ0v) is 12.7. The zero-order valence-electron chi connectivity index (χ0n) is 10.3. The van der Waals surface area contributed by atoms with Crippen LogP contribution < -0.4 is 4.74 Å². The summed E-state index contributed by atoms with van der Waals surface area (Å²) < 4.78 is 5.88. The van der Waals surface area contributed by atoms with Crippen LogP contribution in [0.1, 0.15) is 11.3 Å². The molecule has 0 radical (unpaired) electrons. The van der Waals surface area contributed by atoms with Crippen molar-refractivity contribution < 1.29 is 4.74 Å². The van der Waals surface area contributed by atoms with Gasteiger partial charge in [0.05, 0.1) is 11.6 Å². The minimum Gasteiger partial charge on any atom is -0.480 e. The van der Waals surface area contributed by atoms with Crippen molar-refractivity contribution in [3.63, 3.8) is 0 Å². The van der Waals surface area contributed by atoms with Gasteiger partial charge in [0.2, 0.25) is 5.88 Å². The van der Waals surface area contributed by atoms with Crippen LogP contribution in [-0.2, 0) is 0 Å². The molecular weight excluding hydrogens is 314 g/mol. The summed E-state index contributed by atoms with van der Waals surface area (Å²) in [7, 11) is 1.58. The van der Waals surface area contributed by atoms with E-state index in [1.54, 1.807) is 13.3 Å². The van der Waals surface area contributed by atoms with E-state index in [9.17, 15) is 0 Å². The van der Waals surface area contributed by atoms with Crippen molar-refractivity contribution in [3.8, 4) is 5.88 Å². The smallest absolute Gasteiger partial charge is 0.231 e. The molecule has 2 rings (SSSR count). The summed E-state index contributed by atoms with van der Waals surface area (Å²) in [4.78, 5) is 13.0. The highest BCUT2D eigenvalue weighted by atomic mass is 79.9. The Labute approximate surface area is 118 Å². The maximum atomic E-state index is 5.14. The molecule has 0 saturated heterocycles. The monoisotopic (exact) mass is 325 g/mol. The lowest BCUT2D eigenvalue weighted by Crippen LogP contribution is -1.94. The van der Waals surface area contributed by atoms with Gasteiger partial charge in [0.15, 0.2) is 5.16 Å². The summed E-state index contributed by atoms with van der Waals surface area (Å²) in [5.74, 6) is 0.525. The number of aryl methyl sites for hydroxylation is 2. The van der Waals surface area contributed by atoms with Gasteiger partial charge in [0, 0.05) is 11.9 Å². The number of rotatable bonds is 3. The maximum Gasteiger partial charge on any atom is 0.231 e. The molecule has 0 fully saturated rings. The lowest BCUT2D eigenvalue weighted by molar-refractivity contribution is 0.389. The van der Waals surface area contributed by atoms with Gasteiger partial charge in [0.1, 0.15) is 5.03 Å². The van der Waals surface area contributed by atoms with Crippen LogP contribution in [0.4, 0.5) is 0 Å². The lowest BCUT2D eigenvalue weighted by Gasteiger charge is -2.05. The van der Waals surface area contributed by atoms with E-state index in [2.05, 4.69) is 30.9 Å². The summed E-state index contributed by atoms with van der Waals surface area (Å²) in [5.41, 5.74) is 2.16. The van der Waals surface area contributed by atoms with Gasteiger partial charge in [-0.2, -0.15) is 4.98 Å². The molecule has 0 aromatic carbocycles. The van der Waals surface area contributed by atoms with E-state index < -0.39 is 0 Å². The third-order valence-corrected chi connectivity index (χ3v) is 3.49. The molecule has 2 heterocycles. The maximum absolute atomic E-state index is 5.14. The molecule has 18 heavy (non-hydrogen) atoms. The highest BCUT2D eigenvalue weighted by Gasteiger charge is 2.08. The van der Waals surface area contributed by atoms with Gasteiger partial charge < -0.3 is 4.74 Å². The van der Waals surface area contributed by atoms with E-state index in [0.717, 1.165) is 15.2 Å². The normalized spacial score (nSPS) is 10.4. The number of nitrogens with zero attached hydrogens (tertiary/aromatic N) is 3. The number of hydrogen-bond acceptors (Lipinski definition) is 5. The molecule has 4 nitrogen and oxygen atoms in total. The van der Waals surface area contributed by atoms with E-state index in [1.165, 1.54) is 17.3 Å². The third-order valence-electron chi connectivity index (χ3n) is 2.15. The molecule has 0 spiro atoms. The predicted octanol–water partition coefficient (Wildman–Crippen LogP) is 3.41. The summed E-state index contributed by atoms with van der Waals surface area (Å²) in [6.45, 7) is 4.02. The highest BCUT2D eigenvalue weighted by Crippen LogP contribution is 2.28. The van der Waals surface area contributed by atoms with Crippen LogP contribution in [0.2, 0.25) is 0 Å². The minimum absolute atomic E-state index is 0.525. The second-order valence-electron chi connectivity index (χ2n) is 3.74. The number of aromatic nitrogens is 3. The Hall–Kier alpha value is -1.14. The molecule has 2 aromatic rings. The molecular formula is C12H12BrN3OS. The Morgan fingerprint density at radius 1 is 1.22 bits per heavy atom. The zero-order chi connectivity index (χ0) is 13.1. The highest BCUT2D eigenvalue weighted by molar-refractivity contribution is 9.10. The topological polar surface area (TPSA) is 47.9 Å². The van der Waals surface area contributed by atoms with E-state index in [1.807, 2.05) is 26.0 Å². The van der Waals surface area contributed by atoms with Crippen LogP contribution in [-0.4, -0.2) is 22.1 Å². The SMILES string of the molecule is COc1nc(Sc2cc(C)cc(C)n2)ncc1Br. The van der Waals surface area contributed by atoms with Gasteiger partial charge >= 0.3 is 0 Å². The first-order valence-electron chi connectivity index (χ1n) is 5.28. The van der Waals surface area contributed by atoms with Crippen LogP contribution in [0, 0.1) is 13.8 Å². The molecule has 94 valence electrons. The van der Waals surface area contributed by atoms with Crippen molar-refractivity contribution in [2.45, 2.75) is 24.0 Å². The Kier molecular flexibility index (Phi) is 4.19. The molecule has 2 aromatic heterocycles. The summed E-state index contributed by atoms with van der Waals surface area (Å²) >= 11 is 4.74. The van der Waals surface area contributed by atoms with Crippen molar-refractivity contribution in [2.24, 2.45) is 0 Å². The van der Waals surface area contributed by atoms with Crippen molar-refractivity contribution in [2.75, 3.05) is 7.11 Å². The Morgan fingerprint density at radius 2 is 2.00 bits per heavy atom. The van der Waals surface area contributed by atoms with Gasteiger partial charge in [-0.3, -0.25) is 0 Å². The first kappa shape index (κ1) is 13.3. The second kappa shape index (κ2) is 5.67. The Bertz CT molecular complexity index is 557. The first-order chi connectivity index (χ1) is 8.58. The number of pyridine rings is 1. The minimum atomic E-state index is 0.525. The van der Waals surface area contributed by atoms with E-state index in [4.69, 9.17) is 4.74 Å². The number of methoxy groups -OCH3 is 1. The fraction of sp³-hybridized carbons (Fsp3) is 0.250. The second-order valence-corrected chi connectivity index (χ2v) is 5.58. The van der Waals surface area contributed by atoms with Crippen molar-refractivity contribution in [1.29, 1.82) is 0 Å². The van der Waals surface area contributed by atoms with Gasteiger partial charge in [-0.15, -0.1) is 0 Å². The van der Waals surface area contributed by atoms with Gasteiger partial charge in [-0.1, -0.05) is 0 Å². The standard InChI is InChI=1S/C12H12BrN3OS/c1-7-4-8(2)15-10(5-7)18-12-14-6-9(13)11(16-12)17-3/h4-6H,1-3H3. The lowest BCUT2D eigenvalue weighted by atomic mass is 10.3. The van der Waals surface area contributed by atoms with Gasteiger partial charge in [-0.05, 0) is 59.2 Å². The van der Waals surface area contributed by atoms with Gasteiger partial charge in [0.25, 0.3) is 0 Å². The van der Waals surface area contributed by atoms with E-state index in [-0.39, 0.29) is 0 Å². The quantitative estimate of drug-likeness (QED) is 0.809. The molecule has 0 bridgehead atoms. The van der Waals surface area contributed by atoms with Crippen LogP contribution in [0.5, 0.6) is 5.88 Å². The largest absolute Gasteiger partial charge is 0.480 e. The first-order valence-corrected chi connectivity index (χ1v) is 6.89. The van der Waals surface area contributed by atoms with Crippen LogP contribution >= 0.6 is 27.7 Å².